The SMILES string of the molecule is CC(C)Oc1ccc(CNc2nc(CCCC(=O)O)nc3sc4ccccc4c23)cc1Cl. The quantitative estimate of drug-likeness (QED) is 0.299. The lowest BCUT2D eigenvalue weighted by Crippen LogP contribution is -2.07. The molecular weight excluding hydrogens is 446 g/mol. The highest BCUT2D eigenvalue weighted by molar-refractivity contribution is 7.25. The number of aromatic nitrogens is 2. The second-order valence-corrected chi connectivity index (χ2v) is 9.24. The molecule has 2 aromatic heterocycles. The zero-order valence-electron chi connectivity index (χ0n) is 17.9. The van der Waals surface area contributed by atoms with Crippen molar-refractivity contribution in [1.29, 1.82) is 0 Å². The molecule has 0 aliphatic carbocycles. The van der Waals surface area contributed by atoms with Gasteiger partial charge < -0.3 is 15.2 Å². The van der Waals surface area contributed by atoms with E-state index in [1.165, 1.54) is 0 Å². The molecule has 32 heavy (non-hydrogen) atoms. The molecule has 0 fully saturated rings. The molecule has 2 aromatic carbocycles. The Balaban J connectivity index is 1.63. The fourth-order valence-electron chi connectivity index (χ4n) is 3.49. The Bertz CT molecular complexity index is 1270. The van der Waals surface area contributed by atoms with Crippen molar-refractivity contribution < 1.29 is 14.6 Å². The zero-order chi connectivity index (χ0) is 22.7. The number of hydrogen-bond acceptors (Lipinski definition) is 6. The summed E-state index contributed by atoms with van der Waals surface area (Å²) in [5, 5.41) is 15.0. The van der Waals surface area contributed by atoms with E-state index in [4.69, 9.17) is 31.4 Å². The number of nitrogens with one attached hydrogen (secondary N) is 1. The first-order valence-corrected chi connectivity index (χ1v) is 11.7. The second kappa shape index (κ2) is 9.71. The summed E-state index contributed by atoms with van der Waals surface area (Å²) in [4.78, 5) is 21.2. The predicted molar refractivity (Wildman–Crippen MR) is 130 cm³/mol. The average molecular weight is 470 g/mol. The van der Waals surface area contributed by atoms with Crippen LogP contribution in [0.4, 0.5) is 5.82 Å². The van der Waals surface area contributed by atoms with Crippen molar-refractivity contribution >= 4 is 55.0 Å². The molecule has 0 spiro atoms. The van der Waals surface area contributed by atoms with Gasteiger partial charge in [-0.1, -0.05) is 35.9 Å². The Labute approximate surface area is 195 Å². The lowest BCUT2D eigenvalue weighted by Gasteiger charge is -2.13. The van der Waals surface area contributed by atoms with Crippen molar-refractivity contribution in [2.24, 2.45) is 0 Å². The van der Waals surface area contributed by atoms with E-state index >= 15 is 0 Å². The number of aryl methyl sites for hydroxylation is 1. The molecule has 8 heteroatoms. The Morgan fingerprint density at radius 1 is 1.22 bits per heavy atom. The Kier molecular flexibility index (Phi) is 6.77. The number of carboxylic acid groups (broad SMARTS) is 1. The van der Waals surface area contributed by atoms with Crippen molar-refractivity contribution in [3.05, 3.63) is 58.9 Å². The van der Waals surface area contributed by atoms with Gasteiger partial charge in [-0.05, 0) is 44.0 Å². The molecule has 0 radical (unpaired) electrons. The lowest BCUT2D eigenvalue weighted by molar-refractivity contribution is -0.137. The highest BCUT2D eigenvalue weighted by Crippen LogP contribution is 2.36. The van der Waals surface area contributed by atoms with Crippen LogP contribution in [0.3, 0.4) is 0 Å². The number of fused-ring (bicyclic) bond motifs is 3. The summed E-state index contributed by atoms with van der Waals surface area (Å²) in [5.41, 5.74) is 1.00. The van der Waals surface area contributed by atoms with Crippen molar-refractivity contribution in [2.45, 2.75) is 45.8 Å². The van der Waals surface area contributed by atoms with Gasteiger partial charge in [-0.25, -0.2) is 9.97 Å². The van der Waals surface area contributed by atoms with E-state index in [0.29, 0.717) is 36.0 Å². The van der Waals surface area contributed by atoms with Gasteiger partial charge in [0.05, 0.1) is 16.5 Å². The van der Waals surface area contributed by atoms with Gasteiger partial charge in [-0.3, -0.25) is 4.79 Å². The van der Waals surface area contributed by atoms with Gasteiger partial charge >= 0.3 is 5.97 Å². The van der Waals surface area contributed by atoms with Crippen LogP contribution in [0.1, 0.15) is 38.1 Å². The number of anilines is 1. The molecule has 0 aliphatic heterocycles. The lowest BCUT2D eigenvalue weighted by atomic mass is 10.1. The molecule has 0 atom stereocenters. The topological polar surface area (TPSA) is 84.3 Å². The van der Waals surface area contributed by atoms with Crippen molar-refractivity contribution in [3.8, 4) is 5.75 Å². The summed E-state index contributed by atoms with van der Waals surface area (Å²) < 4.78 is 6.85. The van der Waals surface area contributed by atoms with Crippen molar-refractivity contribution in [1.82, 2.24) is 9.97 Å². The van der Waals surface area contributed by atoms with E-state index in [9.17, 15) is 4.79 Å². The van der Waals surface area contributed by atoms with Crippen LogP contribution in [0.2, 0.25) is 5.02 Å². The number of benzene rings is 2. The van der Waals surface area contributed by atoms with E-state index in [2.05, 4.69) is 17.4 Å². The van der Waals surface area contributed by atoms with E-state index < -0.39 is 5.97 Å². The number of nitrogens with zero attached hydrogens (tertiary/aromatic N) is 2. The summed E-state index contributed by atoms with van der Waals surface area (Å²) in [5.74, 6) is 1.25. The molecule has 6 nitrogen and oxygen atoms in total. The molecular formula is C24H24ClN3O3S. The van der Waals surface area contributed by atoms with E-state index in [0.717, 1.165) is 31.7 Å². The van der Waals surface area contributed by atoms with Crippen molar-refractivity contribution in [2.75, 3.05) is 5.32 Å². The smallest absolute Gasteiger partial charge is 0.303 e. The first kappa shape index (κ1) is 22.3. The van der Waals surface area contributed by atoms with Crippen LogP contribution in [0.15, 0.2) is 42.5 Å². The summed E-state index contributed by atoms with van der Waals surface area (Å²) >= 11 is 8.01. The number of carboxylic acids is 1. The number of ether oxygens (including phenoxy) is 1. The van der Waals surface area contributed by atoms with E-state index in [-0.39, 0.29) is 12.5 Å². The van der Waals surface area contributed by atoms with Crippen LogP contribution in [-0.2, 0) is 17.8 Å². The molecule has 0 amide bonds. The van der Waals surface area contributed by atoms with Gasteiger partial charge in [0.2, 0.25) is 0 Å². The van der Waals surface area contributed by atoms with Crippen LogP contribution in [0, 0.1) is 0 Å². The summed E-state index contributed by atoms with van der Waals surface area (Å²) in [6.45, 7) is 4.46. The summed E-state index contributed by atoms with van der Waals surface area (Å²) in [6.07, 6.45) is 1.16. The van der Waals surface area contributed by atoms with E-state index in [1.54, 1.807) is 11.3 Å². The van der Waals surface area contributed by atoms with Gasteiger partial charge in [0.1, 0.15) is 22.2 Å². The number of carbonyl (C=O) groups is 1. The molecule has 0 saturated heterocycles. The minimum absolute atomic E-state index is 0.0530. The Morgan fingerprint density at radius 2 is 2.03 bits per heavy atom. The monoisotopic (exact) mass is 469 g/mol. The minimum Gasteiger partial charge on any atom is -0.489 e. The molecule has 2 heterocycles. The molecule has 4 rings (SSSR count). The number of halogens is 1. The van der Waals surface area contributed by atoms with Crippen LogP contribution in [-0.4, -0.2) is 27.1 Å². The molecule has 166 valence electrons. The highest BCUT2D eigenvalue weighted by Gasteiger charge is 2.15. The fraction of sp³-hybridized carbons (Fsp3) is 0.292. The Hall–Kier alpha value is -2.90. The largest absolute Gasteiger partial charge is 0.489 e. The average Bonchev–Trinajstić information content (AvgIpc) is 3.12. The van der Waals surface area contributed by atoms with Crippen molar-refractivity contribution in [3.63, 3.8) is 0 Å². The maximum absolute atomic E-state index is 10.9. The maximum Gasteiger partial charge on any atom is 0.303 e. The summed E-state index contributed by atoms with van der Waals surface area (Å²) in [7, 11) is 0. The van der Waals surface area contributed by atoms with Gasteiger partial charge in [0.15, 0.2) is 0 Å². The third kappa shape index (κ3) is 5.11. The Morgan fingerprint density at radius 3 is 2.78 bits per heavy atom. The number of hydrogen-bond donors (Lipinski definition) is 2. The number of aliphatic carboxylic acids is 1. The molecule has 0 saturated carbocycles. The summed E-state index contributed by atoms with van der Waals surface area (Å²) in [6, 6.07) is 13.9. The first-order chi connectivity index (χ1) is 15.4. The molecule has 2 N–H and O–H groups in total. The second-order valence-electron chi connectivity index (χ2n) is 7.80. The zero-order valence-corrected chi connectivity index (χ0v) is 19.5. The van der Waals surface area contributed by atoms with Crippen LogP contribution in [0.25, 0.3) is 20.3 Å². The molecule has 4 aromatic rings. The first-order valence-electron chi connectivity index (χ1n) is 10.5. The molecule has 0 aliphatic rings. The normalized spacial score (nSPS) is 11.4. The van der Waals surface area contributed by atoms with Gasteiger partial charge in [-0.15, -0.1) is 11.3 Å². The van der Waals surface area contributed by atoms with Crippen LogP contribution < -0.4 is 10.1 Å². The third-order valence-electron chi connectivity index (χ3n) is 4.90. The predicted octanol–water partition coefficient (Wildman–Crippen LogP) is 6.30. The minimum atomic E-state index is -0.812. The number of rotatable bonds is 9. The van der Waals surface area contributed by atoms with Crippen LogP contribution >= 0.6 is 22.9 Å². The van der Waals surface area contributed by atoms with Gasteiger partial charge in [-0.2, -0.15) is 0 Å². The molecule has 0 unspecified atom stereocenters. The van der Waals surface area contributed by atoms with E-state index in [1.807, 2.05) is 44.2 Å². The molecule has 0 bridgehead atoms. The highest BCUT2D eigenvalue weighted by atomic mass is 35.5. The number of thiophene rings is 1. The maximum atomic E-state index is 10.9. The van der Waals surface area contributed by atoms with Crippen LogP contribution in [0.5, 0.6) is 5.75 Å². The fourth-order valence-corrected chi connectivity index (χ4v) is 4.84. The third-order valence-corrected chi connectivity index (χ3v) is 6.26. The van der Waals surface area contributed by atoms with Gasteiger partial charge in [0, 0.05) is 29.5 Å². The standard InChI is InChI=1S/C24H24ClN3O3S/c1-14(2)31-18-11-10-15(12-17(18)25)13-26-23-22-16-6-3-4-7-19(16)32-24(22)28-20(27-23)8-5-9-21(29)30/h3-4,6-7,10-12,14H,5,8-9,13H2,1-2H3,(H,29,30)(H,26,27,28). The van der Waals surface area contributed by atoms with Gasteiger partial charge in [0.25, 0.3) is 0 Å².